The number of carbonyl (C=O) groups excluding carboxylic acids is 1. The van der Waals surface area contributed by atoms with Crippen molar-refractivity contribution >= 4 is 5.97 Å². The minimum absolute atomic E-state index is 0.315. The lowest BCUT2D eigenvalue weighted by Gasteiger charge is -2.04. The van der Waals surface area contributed by atoms with E-state index < -0.39 is 11.8 Å². The average molecular weight is 181 g/mol. The number of carbonyl (C=O) groups is 1. The number of esters is 1. The Hall–Kier alpha value is -1.38. The first kappa shape index (κ1) is 9.71. The minimum Gasteiger partial charge on any atom is -0.462 e. The van der Waals surface area contributed by atoms with Crippen molar-refractivity contribution in [2.24, 2.45) is 0 Å². The summed E-state index contributed by atoms with van der Waals surface area (Å²) in [5, 5.41) is 0. The molecule has 0 bridgehead atoms. The van der Waals surface area contributed by atoms with Crippen molar-refractivity contribution in [1.82, 2.24) is 0 Å². The summed E-state index contributed by atoms with van der Waals surface area (Å²) >= 11 is 0. The van der Waals surface area contributed by atoms with Crippen molar-refractivity contribution in [2.45, 2.75) is 13.8 Å². The molecular weight excluding hydrogens is 171 g/mol. The molecule has 0 saturated heterocycles. The van der Waals surface area contributed by atoms with Crippen LogP contribution in [0.15, 0.2) is 12.1 Å². The van der Waals surface area contributed by atoms with Crippen LogP contribution in [0.4, 0.5) is 4.39 Å². The molecule has 0 aliphatic rings. The van der Waals surface area contributed by atoms with E-state index in [-0.39, 0.29) is 0 Å². The predicted molar refractivity (Wildman–Crippen MR) is 45.9 cm³/mol. The fourth-order valence-electron chi connectivity index (χ4n) is 0.993. The Morgan fingerprint density at radius 1 is 1.69 bits per heavy atom. The molecule has 0 fully saturated rings. The normalized spacial score (nSPS) is 9.77. The molecule has 1 aromatic rings. The third-order valence-electron chi connectivity index (χ3n) is 1.62. The Morgan fingerprint density at radius 2 is 2.38 bits per heavy atom. The number of hydrogen-bond donors (Lipinski definition) is 0. The Labute approximate surface area is 76.3 Å². The number of rotatable bonds is 2. The van der Waals surface area contributed by atoms with Gasteiger partial charge in [-0.2, -0.15) is 0 Å². The second kappa shape index (κ2) is 4.03. The third kappa shape index (κ3) is 2.28. The molecule has 0 amide bonds. The van der Waals surface area contributed by atoms with Gasteiger partial charge in [-0.1, -0.05) is 0 Å². The summed E-state index contributed by atoms with van der Waals surface area (Å²) in [5.74, 6) is -0.901. The monoisotopic (exact) mass is 181 g/mol. The quantitative estimate of drug-likeness (QED) is 0.653. The molecule has 0 spiro atoms. The summed E-state index contributed by atoms with van der Waals surface area (Å²) in [5.41, 5.74) is 0.929. The first-order chi connectivity index (χ1) is 6.15. The van der Waals surface area contributed by atoms with E-state index in [4.69, 9.17) is 4.74 Å². The van der Waals surface area contributed by atoms with Crippen LogP contribution in [-0.4, -0.2) is 12.6 Å². The first-order valence-corrected chi connectivity index (χ1v) is 4.00. The molecule has 3 heteroatoms. The minimum atomic E-state index is -0.467. The van der Waals surface area contributed by atoms with Crippen LogP contribution in [0.3, 0.4) is 0 Å². The lowest BCUT2D eigenvalue weighted by molar-refractivity contribution is 0.0525. The van der Waals surface area contributed by atoms with Crippen molar-refractivity contribution in [3.8, 4) is 0 Å². The number of halogens is 1. The van der Waals surface area contributed by atoms with Gasteiger partial charge in [-0.3, -0.25) is 0 Å². The maximum absolute atomic E-state index is 12.6. The van der Waals surface area contributed by atoms with Gasteiger partial charge in [-0.15, -0.1) is 0 Å². The van der Waals surface area contributed by atoms with Crippen LogP contribution >= 0.6 is 0 Å². The van der Waals surface area contributed by atoms with Crippen molar-refractivity contribution in [3.63, 3.8) is 0 Å². The molecule has 1 rings (SSSR count). The molecule has 1 radical (unpaired) electrons. The molecule has 2 nitrogen and oxygen atoms in total. The van der Waals surface area contributed by atoms with Gasteiger partial charge in [0.05, 0.1) is 12.2 Å². The smallest absolute Gasteiger partial charge is 0.338 e. The molecule has 0 N–H and O–H groups in total. The largest absolute Gasteiger partial charge is 0.462 e. The highest BCUT2D eigenvalue weighted by Crippen LogP contribution is 2.10. The van der Waals surface area contributed by atoms with E-state index in [1.165, 1.54) is 12.1 Å². The van der Waals surface area contributed by atoms with Gasteiger partial charge in [-0.05, 0) is 31.5 Å². The second-order valence-electron chi connectivity index (χ2n) is 2.60. The van der Waals surface area contributed by atoms with Crippen molar-refractivity contribution < 1.29 is 13.9 Å². The van der Waals surface area contributed by atoms with E-state index in [0.717, 1.165) is 0 Å². The van der Waals surface area contributed by atoms with Gasteiger partial charge in [0.1, 0.15) is 5.82 Å². The number of hydrogen-bond acceptors (Lipinski definition) is 2. The molecule has 0 saturated carbocycles. The first-order valence-electron chi connectivity index (χ1n) is 4.00. The van der Waals surface area contributed by atoms with Gasteiger partial charge in [-0.25, -0.2) is 9.18 Å². The second-order valence-corrected chi connectivity index (χ2v) is 2.60. The van der Waals surface area contributed by atoms with Crippen LogP contribution in [0.2, 0.25) is 0 Å². The van der Waals surface area contributed by atoms with Gasteiger partial charge < -0.3 is 4.74 Å². The Balaban J connectivity index is 2.95. The summed E-state index contributed by atoms with van der Waals surface area (Å²) in [6, 6.07) is 4.88. The average Bonchev–Trinajstić information content (AvgIpc) is 2.04. The molecule has 13 heavy (non-hydrogen) atoms. The molecule has 0 heterocycles. The van der Waals surface area contributed by atoms with Crippen LogP contribution in [-0.2, 0) is 4.74 Å². The van der Waals surface area contributed by atoms with Gasteiger partial charge in [0.2, 0.25) is 0 Å². The number of aryl methyl sites for hydroxylation is 1. The van der Waals surface area contributed by atoms with Crippen molar-refractivity contribution in [2.75, 3.05) is 6.61 Å². The van der Waals surface area contributed by atoms with E-state index in [1.807, 2.05) is 0 Å². The zero-order valence-corrected chi connectivity index (χ0v) is 7.56. The summed E-state index contributed by atoms with van der Waals surface area (Å²) in [6.45, 7) is 3.69. The third-order valence-corrected chi connectivity index (χ3v) is 1.62. The van der Waals surface area contributed by atoms with E-state index in [0.29, 0.717) is 17.7 Å². The van der Waals surface area contributed by atoms with Gasteiger partial charge in [0, 0.05) is 6.07 Å². The Bertz CT molecular complexity index is 321. The van der Waals surface area contributed by atoms with Crippen LogP contribution < -0.4 is 0 Å². The fourth-order valence-corrected chi connectivity index (χ4v) is 0.993. The highest BCUT2D eigenvalue weighted by Gasteiger charge is 2.09. The Kier molecular flexibility index (Phi) is 3.01. The molecule has 0 aliphatic carbocycles. The number of ether oxygens (including phenoxy) is 1. The molecule has 69 valence electrons. The maximum atomic E-state index is 12.6. The maximum Gasteiger partial charge on any atom is 0.338 e. The lowest BCUT2D eigenvalue weighted by Crippen LogP contribution is -2.06. The van der Waals surface area contributed by atoms with E-state index in [9.17, 15) is 9.18 Å². The number of benzene rings is 1. The molecule has 0 atom stereocenters. The summed E-state index contributed by atoms with van der Waals surface area (Å²) < 4.78 is 17.4. The van der Waals surface area contributed by atoms with E-state index >= 15 is 0 Å². The van der Waals surface area contributed by atoms with Gasteiger partial charge in [0.15, 0.2) is 0 Å². The summed E-state index contributed by atoms with van der Waals surface area (Å²) in [4.78, 5) is 11.2. The van der Waals surface area contributed by atoms with Crippen molar-refractivity contribution in [1.29, 1.82) is 0 Å². The fraction of sp³-hybridized carbons (Fsp3) is 0.300. The van der Waals surface area contributed by atoms with Crippen LogP contribution in [0.1, 0.15) is 22.8 Å². The molecular formula is C10H10FO2. The molecule has 1 aromatic carbocycles. The van der Waals surface area contributed by atoms with Gasteiger partial charge in [0.25, 0.3) is 0 Å². The van der Waals surface area contributed by atoms with Crippen LogP contribution in [0, 0.1) is 18.8 Å². The highest BCUT2D eigenvalue weighted by molar-refractivity contribution is 5.90. The Morgan fingerprint density at radius 3 is 2.92 bits per heavy atom. The molecule has 0 aromatic heterocycles. The van der Waals surface area contributed by atoms with Crippen molar-refractivity contribution in [3.05, 3.63) is 35.1 Å². The molecule has 0 aliphatic heterocycles. The topological polar surface area (TPSA) is 26.3 Å². The lowest BCUT2D eigenvalue weighted by atomic mass is 10.1. The van der Waals surface area contributed by atoms with E-state index in [2.05, 4.69) is 6.07 Å². The van der Waals surface area contributed by atoms with Gasteiger partial charge >= 0.3 is 5.97 Å². The zero-order valence-electron chi connectivity index (χ0n) is 7.56. The van der Waals surface area contributed by atoms with Crippen LogP contribution in [0.5, 0.6) is 0 Å². The zero-order chi connectivity index (χ0) is 9.84. The van der Waals surface area contributed by atoms with Crippen LogP contribution in [0.25, 0.3) is 0 Å². The summed E-state index contributed by atoms with van der Waals surface area (Å²) in [6.07, 6.45) is 0. The molecule has 0 unspecified atom stereocenters. The summed E-state index contributed by atoms with van der Waals surface area (Å²) in [7, 11) is 0. The van der Waals surface area contributed by atoms with E-state index in [1.54, 1.807) is 13.8 Å². The highest BCUT2D eigenvalue weighted by atomic mass is 19.1. The predicted octanol–water partition coefficient (Wildman–Crippen LogP) is 2.11. The standard InChI is InChI=1S/C10H10FO2/c1-3-13-10(12)9-5-4-8(11)6-7(9)2/h5-6H,3H2,1-2H3. The SMILES string of the molecule is CCOC(=O)c1c[c]c(F)cc1C.